The molecule has 5 heteroatoms. The number of fused-ring (bicyclic) bond motifs is 1. The van der Waals surface area contributed by atoms with Gasteiger partial charge in [-0.2, -0.15) is 0 Å². The maximum absolute atomic E-state index is 10.5. The second-order valence-corrected chi connectivity index (χ2v) is 7.18. The Bertz CT molecular complexity index is 1130. The van der Waals surface area contributed by atoms with Crippen LogP contribution in [0.3, 0.4) is 0 Å². The third kappa shape index (κ3) is 4.87. The molecule has 0 aliphatic carbocycles. The molecule has 0 radical (unpaired) electrons. The van der Waals surface area contributed by atoms with Crippen molar-refractivity contribution in [3.8, 4) is 28.5 Å². The van der Waals surface area contributed by atoms with Gasteiger partial charge in [-0.3, -0.25) is 4.79 Å². The van der Waals surface area contributed by atoms with E-state index in [1.165, 1.54) is 0 Å². The topological polar surface area (TPSA) is 72.6 Å². The summed E-state index contributed by atoms with van der Waals surface area (Å²) in [7, 11) is 0. The Balaban J connectivity index is 1.41. The number of carboxylic acids is 1. The lowest BCUT2D eigenvalue weighted by molar-refractivity contribution is -0.137. The fraction of sp³-hybridized carbons (Fsp3) is 0.200. The number of aromatic nitrogens is 1. The molecule has 3 aromatic carbocycles. The number of rotatable bonds is 9. The van der Waals surface area contributed by atoms with Crippen molar-refractivity contribution in [3.05, 3.63) is 73.0 Å². The van der Waals surface area contributed by atoms with Crippen LogP contribution in [0.25, 0.3) is 33.5 Å². The van der Waals surface area contributed by atoms with Gasteiger partial charge in [0.15, 0.2) is 0 Å². The molecule has 1 N–H and O–H groups in total. The number of hydrogen-bond acceptors (Lipinski definition) is 4. The summed E-state index contributed by atoms with van der Waals surface area (Å²) in [5, 5.41) is 10.8. The van der Waals surface area contributed by atoms with Crippen molar-refractivity contribution < 1.29 is 19.1 Å². The number of aliphatic carboxylic acids is 1. The number of nitrogens with zero attached hydrogens (tertiary/aromatic N) is 1. The van der Waals surface area contributed by atoms with Gasteiger partial charge in [0.25, 0.3) is 0 Å². The molecule has 1 aromatic heterocycles. The number of benzene rings is 3. The molecule has 1 heterocycles. The van der Waals surface area contributed by atoms with Crippen LogP contribution in [-0.4, -0.2) is 22.7 Å². The van der Waals surface area contributed by atoms with E-state index in [4.69, 9.17) is 14.3 Å². The maximum atomic E-state index is 10.5. The standard InChI is InChI=1S/C25H23NO4/c27-24(28)9-5-2-6-14-29-22-13-12-19-15-21(11-10-20(19)16-22)25-26-23(17-30-25)18-7-3-1-4-8-18/h1,3-4,7-8,10-13,15-17H,2,5-6,9,14H2,(H,27,28). The third-order valence-corrected chi connectivity index (χ3v) is 4.94. The zero-order valence-electron chi connectivity index (χ0n) is 16.6. The number of unbranched alkanes of at least 4 members (excludes halogenated alkanes) is 2. The van der Waals surface area contributed by atoms with Crippen molar-refractivity contribution in [2.75, 3.05) is 6.61 Å². The monoisotopic (exact) mass is 401 g/mol. The predicted octanol–water partition coefficient (Wildman–Crippen LogP) is 6.19. The molecule has 0 aliphatic heterocycles. The van der Waals surface area contributed by atoms with Gasteiger partial charge in [0, 0.05) is 17.5 Å². The Morgan fingerprint density at radius 3 is 2.53 bits per heavy atom. The van der Waals surface area contributed by atoms with Gasteiger partial charge in [0.2, 0.25) is 5.89 Å². The second kappa shape index (κ2) is 9.27. The fourth-order valence-electron chi connectivity index (χ4n) is 3.34. The highest BCUT2D eigenvalue weighted by atomic mass is 16.5. The van der Waals surface area contributed by atoms with E-state index in [0.717, 1.165) is 46.2 Å². The van der Waals surface area contributed by atoms with Crippen LogP contribution in [0.1, 0.15) is 25.7 Å². The van der Waals surface area contributed by atoms with Crippen LogP contribution in [0.5, 0.6) is 5.75 Å². The molecule has 0 fully saturated rings. The zero-order valence-corrected chi connectivity index (χ0v) is 16.6. The summed E-state index contributed by atoms with van der Waals surface area (Å²) in [5.41, 5.74) is 2.77. The van der Waals surface area contributed by atoms with Crippen molar-refractivity contribution >= 4 is 16.7 Å². The minimum Gasteiger partial charge on any atom is -0.494 e. The van der Waals surface area contributed by atoms with Crippen LogP contribution in [-0.2, 0) is 4.79 Å². The molecule has 0 unspecified atom stereocenters. The van der Waals surface area contributed by atoms with Crippen LogP contribution >= 0.6 is 0 Å². The molecule has 5 nitrogen and oxygen atoms in total. The van der Waals surface area contributed by atoms with Crippen molar-refractivity contribution in [1.82, 2.24) is 4.98 Å². The van der Waals surface area contributed by atoms with Gasteiger partial charge >= 0.3 is 5.97 Å². The summed E-state index contributed by atoms with van der Waals surface area (Å²) in [6.45, 7) is 0.585. The largest absolute Gasteiger partial charge is 0.494 e. The number of oxazole rings is 1. The maximum Gasteiger partial charge on any atom is 0.303 e. The van der Waals surface area contributed by atoms with E-state index in [9.17, 15) is 4.79 Å². The van der Waals surface area contributed by atoms with Crippen LogP contribution in [0.4, 0.5) is 0 Å². The highest BCUT2D eigenvalue weighted by molar-refractivity contribution is 5.87. The molecule has 4 rings (SSSR count). The quantitative estimate of drug-likeness (QED) is 0.339. The molecule has 30 heavy (non-hydrogen) atoms. The second-order valence-electron chi connectivity index (χ2n) is 7.18. The normalized spacial score (nSPS) is 10.9. The van der Waals surface area contributed by atoms with E-state index in [1.54, 1.807) is 6.26 Å². The minimum absolute atomic E-state index is 0.218. The Morgan fingerprint density at radius 2 is 1.70 bits per heavy atom. The zero-order chi connectivity index (χ0) is 20.8. The van der Waals surface area contributed by atoms with E-state index in [-0.39, 0.29) is 6.42 Å². The fourth-order valence-corrected chi connectivity index (χ4v) is 3.34. The van der Waals surface area contributed by atoms with Gasteiger partial charge in [0.05, 0.1) is 6.61 Å². The van der Waals surface area contributed by atoms with Gasteiger partial charge in [-0.15, -0.1) is 0 Å². The van der Waals surface area contributed by atoms with Gasteiger partial charge < -0.3 is 14.3 Å². The van der Waals surface area contributed by atoms with E-state index in [1.807, 2.05) is 60.7 Å². The van der Waals surface area contributed by atoms with Crippen molar-refractivity contribution in [2.24, 2.45) is 0 Å². The molecule has 4 aromatic rings. The number of hydrogen-bond donors (Lipinski definition) is 1. The first-order valence-electron chi connectivity index (χ1n) is 10.1. The summed E-state index contributed by atoms with van der Waals surface area (Å²) < 4.78 is 11.5. The number of carbonyl (C=O) groups is 1. The van der Waals surface area contributed by atoms with E-state index in [2.05, 4.69) is 11.1 Å². The van der Waals surface area contributed by atoms with Crippen LogP contribution < -0.4 is 4.74 Å². The molecular weight excluding hydrogens is 378 g/mol. The lowest BCUT2D eigenvalue weighted by Gasteiger charge is -2.08. The molecule has 0 atom stereocenters. The minimum atomic E-state index is -0.745. The lowest BCUT2D eigenvalue weighted by atomic mass is 10.1. The summed E-state index contributed by atoms with van der Waals surface area (Å²) in [6.07, 6.45) is 4.28. The lowest BCUT2D eigenvalue weighted by Crippen LogP contribution is -1.99. The third-order valence-electron chi connectivity index (χ3n) is 4.94. The molecule has 0 saturated carbocycles. The van der Waals surface area contributed by atoms with Crippen LogP contribution in [0, 0.1) is 0 Å². The van der Waals surface area contributed by atoms with Gasteiger partial charge in [-0.05, 0) is 54.3 Å². The Morgan fingerprint density at radius 1 is 0.900 bits per heavy atom. The van der Waals surface area contributed by atoms with Crippen molar-refractivity contribution in [1.29, 1.82) is 0 Å². The first kappa shape index (κ1) is 19.7. The molecule has 0 amide bonds. The highest BCUT2D eigenvalue weighted by Gasteiger charge is 2.09. The van der Waals surface area contributed by atoms with E-state index < -0.39 is 5.97 Å². The van der Waals surface area contributed by atoms with Crippen molar-refractivity contribution in [2.45, 2.75) is 25.7 Å². The van der Waals surface area contributed by atoms with Gasteiger partial charge in [-0.1, -0.05) is 42.5 Å². The van der Waals surface area contributed by atoms with Crippen LogP contribution in [0.15, 0.2) is 77.4 Å². The number of ether oxygens (including phenoxy) is 1. The Hall–Kier alpha value is -3.60. The predicted molar refractivity (Wildman–Crippen MR) is 116 cm³/mol. The number of carboxylic acid groups (broad SMARTS) is 1. The molecule has 0 bridgehead atoms. The molecule has 0 spiro atoms. The van der Waals surface area contributed by atoms with E-state index >= 15 is 0 Å². The average molecular weight is 401 g/mol. The van der Waals surface area contributed by atoms with E-state index in [0.29, 0.717) is 18.9 Å². The average Bonchev–Trinajstić information content (AvgIpc) is 3.26. The SMILES string of the molecule is O=C(O)CCCCCOc1ccc2cc(-c3nc(-c4ccccc4)co3)ccc2c1. The summed E-state index contributed by atoms with van der Waals surface area (Å²) in [4.78, 5) is 15.1. The summed E-state index contributed by atoms with van der Waals surface area (Å²) in [6, 6.07) is 22.1. The van der Waals surface area contributed by atoms with Gasteiger partial charge in [0.1, 0.15) is 17.7 Å². The Labute approximate surface area is 175 Å². The molecule has 0 saturated heterocycles. The highest BCUT2D eigenvalue weighted by Crippen LogP contribution is 2.29. The molecule has 0 aliphatic rings. The van der Waals surface area contributed by atoms with Crippen LogP contribution in [0.2, 0.25) is 0 Å². The van der Waals surface area contributed by atoms with Crippen molar-refractivity contribution in [3.63, 3.8) is 0 Å². The molecular formula is C25H23NO4. The summed E-state index contributed by atoms with van der Waals surface area (Å²) in [5.74, 6) is 0.666. The Kier molecular flexibility index (Phi) is 6.09. The first-order chi connectivity index (χ1) is 14.7. The van der Waals surface area contributed by atoms with Gasteiger partial charge in [-0.25, -0.2) is 4.98 Å². The summed E-state index contributed by atoms with van der Waals surface area (Å²) >= 11 is 0. The first-order valence-corrected chi connectivity index (χ1v) is 10.1. The smallest absolute Gasteiger partial charge is 0.303 e. The molecule has 152 valence electrons.